The molecule has 0 saturated carbocycles. The molecular weight excluding hydrogens is 306 g/mol. The molecule has 1 aliphatic heterocycles. The number of ether oxygens (including phenoxy) is 1. The second-order valence-electron chi connectivity index (χ2n) is 8.23. The van der Waals surface area contributed by atoms with Crippen molar-refractivity contribution >= 4 is 12.4 Å². The number of hydrogen-bond donors (Lipinski definition) is 0. The van der Waals surface area contributed by atoms with E-state index in [1.54, 1.807) is 0 Å². The van der Waals surface area contributed by atoms with E-state index in [9.17, 15) is 0 Å². The Kier molecular flexibility index (Phi) is 7.57. The van der Waals surface area contributed by atoms with Gasteiger partial charge in [0.1, 0.15) is 0 Å². The molecule has 0 N–H and O–H groups in total. The average Bonchev–Trinajstić information content (AvgIpc) is 2.36. The number of benzene rings is 1. The molecule has 1 aromatic rings. The van der Waals surface area contributed by atoms with Gasteiger partial charge < -0.3 is 4.74 Å². The predicted octanol–water partition coefficient (Wildman–Crippen LogP) is 4.69. The zero-order valence-corrected chi connectivity index (χ0v) is 16.5. The Balaban J connectivity index is 0.00000264. The highest BCUT2D eigenvalue weighted by molar-refractivity contribution is 5.85. The Morgan fingerprint density at radius 3 is 2.09 bits per heavy atom. The molecule has 132 valence electrons. The monoisotopic (exact) mass is 339 g/mol. The van der Waals surface area contributed by atoms with Crippen LogP contribution in [-0.4, -0.2) is 36.7 Å². The highest BCUT2D eigenvalue weighted by atomic mass is 35.5. The Bertz CT molecular complexity index is 456. The molecule has 1 aromatic carbocycles. The molecule has 0 spiro atoms. The summed E-state index contributed by atoms with van der Waals surface area (Å²) in [6.07, 6.45) is 1.88. The highest BCUT2D eigenvalue weighted by Crippen LogP contribution is 2.23. The van der Waals surface area contributed by atoms with Gasteiger partial charge in [-0.3, -0.25) is 4.90 Å². The Labute approximate surface area is 149 Å². The molecule has 3 heteroatoms. The summed E-state index contributed by atoms with van der Waals surface area (Å²) >= 11 is 0. The molecule has 3 atom stereocenters. The van der Waals surface area contributed by atoms with Crippen LogP contribution in [-0.2, 0) is 16.6 Å². The lowest BCUT2D eigenvalue weighted by atomic mass is 9.86. The zero-order valence-electron chi connectivity index (χ0n) is 15.6. The predicted molar refractivity (Wildman–Crippen MR) is 102 cm³/mol. The van der Waals surface area contributed by atoms with Gasteiger partial charge >= 0.3 is 0 Å². The summed E-state index contributed by atoms with van der Waals surface area (Å²) in [5.74, 6) is 0.679. The quantitative estimate of drug-likeness (QED) is 0.788. The SMILES string of the molecule is CC(Cc1ccc(C(C)(C)C)cc1)CN1CC(C)OC(C)C1.Cl. The molecule has 1 heterocycles. The second kappa shape index (κ2) is 8.50. The molecule has 0 bridgehead atoms. The lowest BCUT2D eigenvalue weighted by Gasteiger charge is -2.36. The summed E-state index contributed by atoms with van der Waals surface area (Å²) < 4.78 is 5.82. The molecule has 0 aromatic heterocycles. The smallest absolute Gasteiger partial charge is 0.0678 e. The summed E-state index contributed by atoms with van der Waals surface area (Å²) in [6.45, 7) is 16.8. The first-order valence-corrected chi connectivity index (χ1v) is 8.71. The molecule has 2 rings (SSSR count). The molecule has 1 fully saturated rings. The van der Waals surface area contributed by atoms with E-state index >= 15 is 0 Å². The van der Waals surface area contributed by atoms with Crippen LogP contribution in [0.5, 0.6) is 0 Å². The van der Waals surface area contributed by atoms with Gasteiger partial charge in [-0.15, -0.1) is 12.4 Å². The minimum Gasteiger partial charge on any atom is -0.373 e. The Morgan fingerprint density at radius 1 is 1.09 bits per heavy atom. The minimum atomic E-state index is 0. The molecule has 2 nitrogen and oxygen atoms in total. The summed E-state index contributed by atoms with van der Waals surface area (Å²) in [7, 11) is 0. The zero-order chi connectivity index (χ0) is 16.3. The topological polar surface area (TPSA) is 12.5 Å². The van der Waals surface area contributed by atoms with Crippen LogP contribution in [0.25, 0.3) is 0 Å². The first-order chi connectivity index (χ1) is 10.2. The van der Waals surface area contributed by atoms with Crippen molar-refractivity contribution in [2.24, 2.45) is 5.92 Å². The lowest BCUT2D eigenvalue weighted by molar-refractivity contribution is -0.0708. The van der Waals surface area contributed by atoms with Crippen LogP contribution in [0.4, 0.5) is 0 Å². The Morgan fingerprint density at radius 2 is 1.61 bits per heavy atom. The largest absolute Gasteiger partial charge is 0.373 e. The third-order valence-electron chi connectivity index (χ3n) is 4.47. The molecule has 1 saturated heterocycles. The van der Waals surface area contributed by atoms with Gasteiger partial charge in [0.2, 0.25) is 0 Å². The fourth-order valence-electron chi connectivity index (χ4n) is 3.48. The van der Waals surface area contributed by atoms with Crippen LogP contribution >= 0.6 is 12.4 Å². The van der Waals surface area contributed by atoms with Crippen molar-refractivity contribution < 1.29 is 4.74 Å². The van der Waals surface area contributed by atoms with Gasteiger partial charge in [-0.1, -0.05) is 52.0 Å². The average molecular weight is 340 g/mol. The summed E-state index contributed by atoms with van der Waals surface area (Å²) in [5.41, 5.74) is 3.11. The van der Waals surface area contributed by atoms with Gasteiger partial charge in [-0.25, -0.2) is 0 Å². The van der Waals surface area contributed by atoms with E-state index in [4.69, 9.17) is 4.74 Å². The van der Waals surface area contributed by atoms with E-state index in [0.29, 0.717) is 18.1 Å². The third kappa shape index (κ3) is 6.45. The molecule has 3 unspecified atom stereocenters. The van der Waals surface area contributed by atoms with Gasteiger partial charge in [0.15, 0.2) is 0 Å². The normalized spacial score (nSPS) is 24.1. The van der Waals surface area contributed by atoms with E-state index < -0.39 is 0 Å². The first-order valence-electron chi connectivity index (χ1n) is 8.71. The molecule has 1 aliphatic rings. The highest BCUT2D eigenvalue weighted by Gasteiger charge is 2.23. The third-order valence-corrected chi connectivity index (χ3v) is 4.47. The maximum absolute atomic E-state index is 5.82. The van der Waals surface area contributed by atoms with E-state index in [0.717, 1.165) is 19.5 Å². The van der Waals surface area contributed by atoms with Crippen LogP contribution in [0.2, 0.25) is 0 Å². The van der Waals surface area contributed by atoms with Crippen molar-refractivity contribution in [3.63, 3.8) is 0 Å². The van der Waals surface area contributed by atoms with Crippen LogP contribution in [0.3, 0.4) is 0 Å². The van der Waals surface area contributed by atoms with Crippen LogP contribution in [0.15, 0.2) is 24.3 Å². The molecular formula is C20H34ClNO. The second-order valence-corrected chi connectivity index (χ2v) is 8.23. The number of morpholine rings is 1. The van der Waals surface area contributed by atoms with Gasteiger partial charge in [-0.2, -0.15) is 0 Å². The number of rotatable bonds is 4. The fourth-order valence-corrected chi connectivity index (χ4v) is 3.48. The van der Waals surface area contributed by atoms with Gasteiger partial charge in [0.25, 0.3) is 0 Å². The van der Waals surface area contributed by atoms with E-state index in [1.165, 1.54) is 17.7 Å². The lowest BCUT2D eigenvalue weighted by Crippen LogP contribution is -2.47. The van der Waals surface area contributed by atoms with Gasteiger partial charge in [0, 0.05) is 19.6 Å². The van der Waals surface area contributed by atoms with Crippen molar-refractivity contribution in [1.29, 1.82) is 0 Å². The van der Waals surface area contributed by atoms with E-state index in [1.807, 2.05) is 0 Å². The van der Waals surface area contributed by atoms with Crippen LogP contribution in [0.1, 0.15) is 52.7 Å². The number of halogens is 1. The van der Waals surface area contributed by atoms with Gasteiger partial charge in [0.05, 0.1) is 12.2 Å². The van der Waals surface area contributed by atoms with Crippen molar-refractivity contribution in [2.45, 2.75) is 65.6 Å². The maximum atomic E-state index is 5.82. The summed E-state index contributed by atoms with van der Waals surface area (Å²) in [4.78, 5) is 2.56. The van der Waals surface area contributed by atoms with Gasteiger partial charge in [-0.05, 0) is 42.7 Å². The number of hydrogen-bond acceptors (Lipinski definition) is 2. The fraction of sp³-hybridized carbons (Fsp3) is 0.700. The van der Waals surface area contributed by atoms with Crippen LogP contribution < -0.4 is 0 Å². The molecule has 23 heavy (non-hydrogen) atoms. The summed E-state index contributed by atoms with van der Waals surface area (Å²) in [5, 5.41) is 0. The van der Waals surface area contributed by atoms with Crippen molar-refractivity contribution in [2.75, 3.05) is 19.6 Å². The van der Waals surface area contributed by atoms with Crippen LogP contribution in [0, 0.1) is 5.92 Å². The van der Waals surface area contributed by atoms with Crippen molar-refractivity contribution in [3.05, 3.63) is 35.4 Å². The van der Waals surface area contributed by atoms with E-state index in [-0.39, 0.29) is 17.8 Å². The standard InChI is InChI=1S/C20H33NO.ClH/c1-15(12-21-13-16(2)22-17(3)14-21)11-18-7-9-19(10-8-18)20(4,5)6;/h7-10,15-17H,11-14H2,1-6H3;1H. The van der Waals surface area contributed by atoms with Crippen molar-refractivity contribution in [1.82, 2.24) is 4.90 Å². The van der Waals surface area contributed by atoms with E-state index in [2.05, 4.69) is 70.7 Å². The minimum absolute atomic E-state index is 0. The first kappa shape index (κ1) is 20.5. The Hall–Kier alpha value is -0.570. The maximum Gasteiger partial charge on any atom is 0.0678 e. The summed E-state index contributed by atoms with van der Waals surface area (Å²) in [6, 6.07) is 9.20. The molecule has 0 radical (unpaired) electrons. The van der Waals surface area contributed by atoms with Crippen molar-refractivity contribution in [3.8, 4) is 0 Å². The molecule has 0 amide bonds. The number of nitrogens with zero attached hydrogens (tertiary/aromatic N) is 1. The molecule has 0 aliphatic carbocycles.